The van der Waals surface area contributed by atoms with Gasteiger partial charge >= 0.3 is 0 Å². The zero-order valence-corrected chi connectivity index (χ0v) is 11.7. The predicted octanol–water partition coefficient (Wildman–Crippen LogP) is 4.85. The average Bonchev–Trinajstić information content (AvgIpc) is 2.33. The molecule has 0 heterocycles. The van der Waals surface area contributed by atoms with Crippen LogP contribution in [0.4, 0.5) is 10.1 Å². The lowest BCUT2D eigenvalue weighted by atomic mass is 10.1. The summed E-state index contributed by atoms with van der Waals surface area (Å²) in [7, 11) is 0. The van der Waals surface area contributed by atoms with Crippen molar-refractivity contribution in [2.45, 2.75) is 13.0 Å². The quantitative estimate of drug-likeness (QED) is 0.822. The van der Waals surface area contributed by atoms with E-state index in [2.05, 4.69) is 0 Å². The van der Waals surface area contributed by atoms with Crippen LogP contribution >= 0.6 is 23.2 Å². The van der Waals surface area contributed by atoms with Gasteiger partial charge in [0.2, 0.25) is 0 Å². The van der Waals surface area contributed by atoms with Gasteiger partial charge in [0.15, 0.2) is 0 Å². The van der Waals surface area contributed by atoms with Crippen molar-refractivity contribution >= 4 is 28.9 Å². The Balaban J connectivity index is 2.25. The van der Waals surface area contributed by atoms with E-state index in [1.54, 1.807) is 18.2 Å². The van der Waals surface area contributed by atoms with Gasteiger partial charge in [0.05, 0.1) is 5.69 Å². The number of hydrogen-bond acceptors (Lipinski definition) is 2. The molecule has 1 unspecified atom stereocenters. The number of ether oxygens (including phenoxy) is 1. The fourth-order valence-corrected chi connectivity index (χ4v) is 2.46. The van der Waals surface area contributed by atoms with E-state index in [4.69, 9.17) is 33.7 Å². The van der Waals surface area contributed by atoms with Crippen molar-refractivity contribution < 1.29 is 9.13 Å². The molecule has 0 saturated heterocycles. The molecule has 0 amide bonds. The molecular weight excluding hydrogens is 288 g/mol. The molecule has 2 aromatic carbocycles. The third-order valence-corrected chi connectivity index (χ3v) is 3.35. The van der Waals surface area contributed by atoms with Crippen LogP contribution in [-0.2, 0) is 0 Å². The van der Waals surface area contributed by atoms with Crippen molar-refractivity contribution in [3.05, 3.63) is 57.8 Å². The van der Waals surface area contributed by atoms with E-state index in [9.17, 15) is 4.39 Å². The second-order valence-electron chi connectivity index (χ2n) is 4.08. The molecule has 2 aromatic rings. The molecule has 0 aliphatic rings. The van der Waals surface area contributed by atoms with E-state index < -0.39 is 5.82 Å². The molecule has 0 bridgehead atoms. The van der Waals surface area contributed by atoms with Crippen molar-refractivity contribution in [2.75, 3.05) is 5.73 Å². The highest BCUT2D eigenvalue weighted by Crippen LogP contribution is 2.33. The fraction of sp³-hybridized carbons (Fsp3) is 0.143. The predicted molar refractivity (Wildman–Crippen MR) is 76.3 cm³/mol. The van der Waals surface area contributed by atoms with Crippen LogP contribution in [0.3, 0.4) is 0 Å². The van der Waals surface area contributed by atoms with Gasteiger partial charge in [-0.1, -0.05) is 29.3 Å². The summed E-state index contributed by atoms with van der Waals surface area (Å²) in [5.41, 5.74) is 6.21. The first-order valence-corrected chi connectivity index (χ1v) is 6.40. The van der Waals surface area contributed by atoms with Gasteiger partial charge in [0.25, 0.3) is 0 Å². The molecule has 0 aromatic heterocycles. The fourth-order valence-electron chi connectivity index (χ4n) is 1.76. The standard InChI is InChI=1S/C14H12Cl2FNO/c1-8(14-10(15)3-2-4-11(14)16)19-9-5-6-12(17)13(18)7-9/h2-8H,18H2,1H3. The summed E-state index contributed by atoms with van der Waals surface area (Å²) in [4.78, 5) is 0. The average molecular weight is 300 g/mol. The highest BCUT2D eigenvalue weighted by molar-refractivity contribution is 6.36. The minimum Gasteiger partial charge on any atom is -0.486 e. The minimum atomic E-state index is -0.476. The summed E-state index contributed by atoms with van der Waals surface area (Å²) >= 11 is 12.2. The normalized spacial score (nSPS) is 12.2. The van der Waals surface area contributed by atoms with Crippen LogP contribution < -0.4 is 10.5 Å². The molecule has 5 heteroatoms. The maximum Gasteiger partial charge on any atom is 0.146 e. The Kier molecular flexibility index (Phi) is 4.17. The van der Waals surface area contributed by atoms with E-state index >= 15 is 0 Å². The van der Waals surface area contributed by atoms with Crippen LogP contribution in [0.25, 0.3) is 0 Å². The summed E-state index contributed by atoms with van der Waals surface area (Å²) in [5, 5.41) is 1.05. The number of benzene rings is 2. The number of halogens is 3. The molecule has 2 nitrogen and oxygen atoms in total. The molecule has 0 fully saturated rings. The van der Waals surface area contributed by atoms with Gasteiger partial charge in [-0.05, 0) is 31.2 Å². The lowest BCUT2D eigenvalue weighted by molar-refractivity contribution is 0.227. The smallest absolute Gasteiger partial charge is 0.146 e. The van der Waals surface area contributed by atoms with Crippen LogP contribution in [0.5, 0.6) is 5.75 Å². The van der Waals surface area contributed by atoms with Crippen LogP contribution in [0.1, 0.15) is 18.6 Å². The van der Waals surface area contributed by atoms with Crippen LogP contribution in [-0.4, -0.2) is 0 Å². The van der Waals surface area contributed by atoms with Crippen LogP contribution in [0.15, 0.2) is 36.4 Å². The molecule has 2 N–H and O–H groups in total. The number of hydrogen-bond donors (Lipinski definition) is 1. The number of anilines is 1. The Labute approximate surface area is 120 Å². The first kappa shape index (κ1) is 14.0. The third-order valence-electron chi connectivity index (χ3n) is 2.69. The van der Waals surface area contributed by atoms with E-state index in [0.717, 1.165) is 0 Å². The molecule has 100 valence electrons. The van der Waals surface area contributed by atoms with Gasteiger partial charge < -0.3 is 10.5 Å². The lowest BCUT2D eigenvalue weighted by Crippen LogP contribution is -2.05. The monoisotopic (exact) mass is 299 g/mol. The maximum absolute atomic E-state index is 13.1. The number of rotatable bonds is 3. The lowest BCUT2D eigenvalue weighted by Gasteiger charge is -2.18. The second-order valence-corrected chi connectivity index (χ2v) is 4.89. The maximum atomic E-state index is 13.1. The third kappa shape index (κ3) is 3.11. The van der Waals surface area contributed by atoms with Gasteiger partial charge in [-0.25, -0.2) is 4.39 Å². The Morgan fingerprint density at radius 1 is 1.16 bits per heavy atom. The summed E-state index contributed by atoms with van der Waals surface area (Å²) in [5.74, 6) is -0.0156. The highest BCUT2D eigenvalue weighted by atomic mass is 35.5. The molecule has 0 aliphatic carbocycles. The molecule has 0 spiro atoms. The number of nitrogen functional groups attached to an aromatic ring is 1. The Morgan fingerprint density at radius 3 is 2.37 bits per heavy atom. The van der Waals surface area contributed by atoms with Crippen molar-refractivity contribution in [3.63, 3.8) is 0 Å². The van der Waals surface area contributed by atoms with Crippen molar-refractivity contribution in [3.8, 4) is 5.75 Å². The first-order chi connectivity index (χ1) is 8.99. The molecule has 0 aliphatic heterocycles. The first-order valence-electron chi connectivity index (χ1n) is 5.64. The summed E-state index contributed by atoms with van der Waals surface area (Å²) in [6, 6.07) is 9.43. The molecular formula is C14H12Cl2FNO. The summed E-state index contributed by atoms with van der Waals surface area (Å²) < 4.78 is 18.7. The largest absolute Gasteiger partial charge is 0.486 e. The van der Waals surface area contributed by atoms with E-state index in [0.29, 0.717) is 21.4 Å². The van der Waals surface area contributed by atoms with Gasteiger partial charge in [-0.15, -0.1) is 0 Å². The SMILES string of the molecule is CC(Oc1ccc(F)c(N)c1)c1c(Cl)cccc1Cl. The molecule has 0 radical (unpaired) electrons. The van der Waals surface area contributed by atoms with Gasteiger partial charge in [0, 0.05) is 21.7 Å². The minimum absolute atomic E-state index is 0.0370. The zero-order chi connectivity index (χ0) is 14.0. The van der Waals surface area contributed by atoms with E-state index in [1.807, 2.05) is 6.92 Å². The molecule has 19 heavy (non-hydrogen) atoms. The molecule has 2 rings (SSSR count). The topological polar surface area (TPSA) is 35.2 Å². The molecule has 1 atom stereocenters. The van der Waals surface area contributed by atoms with Gasteiger partial charge in [-0.2, -0.15) is 0 Å². The molecule has 0 saturated carbocycles. The highest BCUT2D eigenvalue weighted by Gasteiger charge is 2.15. The zero-order valence-electron chi connectivity index (χ0n) is 10.2. The van der Waals surface area contributed by atoms with Crippen molar-refractivity contribution in [1.29, 1.82) is 0 Å². The van der Waals surface area contributed by atoms with E-state index in [-0.39, 0.29) is 11.8 Å². The van der Waals surface area contributed by atoms with Crippen molar-refractivity contribution in [1.82, 2.24) is 0 Å². The van der Waals surface area contributed by atoms with Crippen LogP contribution in [0, 0.1) is 5.82 Å². The summed E-state index contributed by atoms with van der Waals surface area (Å²) in [6.07, 6.45) is -0.369. The second kappa shape index (κ2) is 5.68. The Bertz CT molecular complexity index is 584. The summed E-state index contributed by atoms with van der Waals surface area (Å²) in [6.45, 7) is 1.81. The van der Waals surface area contributed by atoms with Gasteiger partial charge in [-0.3, -0.25) is 0 Å². The Hall–Kier alpha value is -1.45. The van der Waals surface area contributed by atoms with E-state index in [1.165, 1.54) is 18.2 Å². The van der Waals surface area contributed by atoms with Gasteiger partial charge in [0.1, 0.15) is 17.7 Å². The Morgan fingerprint density at radius 2 is 1.79 bits per heavy atom. The van der Waals surface area contributed by atoms with Crippen molar-refractivity contribution in [2.24, 2.45) is 0 Å². The number of nitrogens with two attached hydrogens (primary N) is 1. The van der Waals surface area contributed by atoms with Crippen LogP contribution in [0.2, 0.25) is 10.0 Å².